The third-order valence-electron chi connectivity index (χ3n) is 2.39. The summed E-state index contributed by atoms with van der Waals surface area (Å²) >= 11 is 11.7. The Morgan fingerprint density at radius 3 is 2.70 bits per heavy atom. The van der Waals surface area contributed by atoms with Gasteiger partial charge < -0.3 is 5.32 Å². The fourth-order valence-corrected chi connectivity index (χ4v) is 1.71. The van der Waals surface area contributed by atoms with E-state index in [1.54, 1.807) is 12.3 Å². The SMILES string of the molecule is CC(C)CC=NC(=O)CNC(=O)c1cc(Cl)ccc1Cl. The molecule has 0 fully saturated rings. The third kappa shape index (κ3) is 5.72. The van der Waals surface area contributed by atoms with Crippen LogP contribution in [-0.2, 0) is 4.79 Å². The number of nitrogens with one attached hydrogen (secondary N) is 1. The number of carbonyl (C=O) groups is 2. The van der Waals surface area contributed by atoms with Crippen molar-refractivity contribution in [2.45, 2.75) is 20.3 Å². The summed E-state index contributed by atoms with van der Waals surface area (Å²) in [6, 6.07) is 4.56. The van der Waals surface area contributed by atoms with Gasteiger partial charge in [-0.3, -0.25) is 9.59 Å². The molecule has 1 aromatic rings. The normalized spacial score (nSPS) is 11.1. The third-order valence-corrected chi connectivity index (χ3v) is 2.95. The van der Waals surface area contributed by atoms with Crippen LogP contribution in [0.15, 0.2) is 23.2 Å². The Balaban J connectivity index is 2.53. The second kappa shape index (κ2) is 8.02. The van der Waals surface area contributed by atoms with Crippen LogP contribution < -0.4 is 5.32 Å². The predicted octanol–water partition coefficient (Wildman–Crippen LogP) is 3.37. The van der Waals surface area contributed by atoms with Crippen LogP contribution in [-0.4, -0.2) is 24.6 Å². The van der Waals surface area contributed by atoms with E-state index in [2.05, 4.69) is 10.3 Å². The summed E-state index contributed by atoms with van der Waals surface area (Å²) in [7, 11) is 0. The first-order valence-electron chi connectivity index (χ1n) is 6.18. The van der Waals surface area contributed by atoms with Crippen LogP contribution in [0.5, 0.6) is 0 Å². The van der Waals surface area contributed by atoms with E-state index in [0.29, 0.717) is 10.9 Å². The Morgan fingerprint density at radius 1 is 1.35 bits per heavy atom. The lowest BCUT2D eigenvalue weighted by Gasteiger charge is -2.05. The molecule has 20 heavy (non-hydrogen) atoms. The fraction of sp³-hybridized carbons (Fsp3) is 0.357. The van der Waals surface area contributed by atoms with Crippen molar-refractivity contribution >= 4 is 41.2 Å². The second-order valence-electron chi connectivity index (χ2n) is 4.64. The summed E-state index contributed by atoms with van der Waals surface area (Å²) in [4.78, 5) is 27.0. The molecule has 6 heteroatoms. The number of hydrogen-bond donors (Lipinski definition) is 1. The first-order chi connectivity index (χ1) is 9.40. The minimum atomic E-state index is -0.454. The van der Waals surface area contributed by atoms with Crippen molar-refractivity contribution in [2.75, 3.05) is 6.54 Å². The Labute approximate surface area is 128 Å². The smallest absolute Gasteiger partial charge is 0.264 e. The van der Waals surface area contributed by atoms with Gasteiger partial charge in [-0.1, -0.05) is 37.0 Å². The van der Waals surface area contributed by atoms with E-state index >= 15 is 0 Å². The number of carbonyl (C=O) groups excluding carboxylic acids is 2. The fourth-order valence-electron chi connectivity index (χ4n) is 1.33. The van der Waals surface area contributed by atoms with Gasteiger partial charge in [-0.05, 0) is 30.5 Å². The van der Waals surface area contributed by atoms with Crippen molar-refractivity contribution < 1.29 is 9.59 Å². The van der Waals surface area contributed by atoms with E-state index in [9.17, 15) is 9.59 Å². The zero-order valence-electron chi connectivity index (χ0n) is 11.3. The van der Waals surface area contributed by atoms with Gasteiger partial charge in [-0.25, -0.2) is 4.99 Å². The maximum Gasteiger partial charge on any atom is 0.264 e. The number of aliphatic imine (C=N–C) groups is 1. The van der Waals surface area contributed by atoms with Crippen LogP contribution in [0.3, 0.4) is 0 Å². The Morgan fingerprint density at radius 2 is 2.05 bits per heavy atom. The Bertz CT molecular complexity index is 528. The first kappa shape index (κ1) is 16.7. The van der Waals surface area contributed by atoms with E-state index in [4.69, 9.17) is 23.2 Å². The number of nitrogens with zero attached hydrogens (tertiary/aromatic N) is 1. The second-order valence-corrected chi connectivity index (χ2v) is 5.49. The Hall–Kier alpha value is -1.39. The highest BCUT2D eigenvalue weighted by Crippen LogP contribution is 2.20. The minimum Gasteiger partial charge on any atom is -0.343 e. The van der Waals surface area contributed by atoms with Crippen molar-refractivity contribution in [2.24, 2.45) is 10.9 Å². The van der Waals surface area contributed by atoms with Crippen molar-refractivity contribution in [3.8, 4) is 0 Å². The van der Waals surface area contributed by atoms with E-state index in [1.807, 2.05) is 13.8 Å². The van der Waals surface area contributed by atoms with Crippen LogP contribution >= 0.6 is 23.2 Å². The molecule has 0 radical (unpaired) electrons. The van der Waals surface area contributed by atoms with Gasteiger partial charge in [-0.2, -0.15) is 0 Å². The zero-order chi connectivity index (χ0) is 15.1. The van der Waals surface area contributed by atoms with Crippen molar-refractivity contribution in [3.63, 3.8) is 0 Å². The molecular formula is C14H16Cl2N2O2. The molecule has 0 spiro atoms. The van der Waals surface area contributed by atoms with Gasteiger partial charge in [-0.15, -0.1) is 0 Å². The van der Waals surface area contributed by atoms with E-state index < -0.39 is 11.8 Å². The average Bonchev–Trinajstić information content (AvgIpc) is 2.38. The monoisotopic (exact) mass is 314 g/mol. The molecule has 0 saturated heterocycles. The standard InChI is InChI=1S/C14H16Cl2N2O2/c1-9(2)5-6-17-13(19)8-18-14(20)11-7-10(15)3-4-12(11)16/h3-4,6-7,9H,5,8H2,1-2H3,(H,18,20). The number of halogens is 2. The average molecular weight is 315 g/mol. The lowest BCUT2D eigenvalue weighted by atomic mass is 10.2. The summed E-state index contributed by atoms with van der Waals surface area (Å²) in [5, 5.41) is 3.14. The van der Waals surface area contributed by atoms with E-state index in [0.717, 1.165) is 6.42 Å². The molecule has 0 bridgehead atoms. The van der Waals surface area contributed by atoms with Crippen molar-refractivity contribution in [3.05, 3.63) is 33.8 Å². The van der Waals surface area contributed by atoms with Gasteiger partial charge in [0.25, 0.3) is 11.8 Å². The molecule has 1 N–H and O–H groups in total. The summed E-state index contributed by atoms with van der Waals surface area (Å²) in [6.07, 6.45) is 2.28. The first-order valence-corrected chi connectivity index (χ1v) is 6.94. The van der Waals surface area contributed by atoms with Crippen molar-refractivity contribution in [1.82, 2.24) is 5.32 Å². The summed E-state index contributed by atoms with van der Waals surface area (Å²) in [6.45, 7) is 3.88. The molecule has 0 unspecified atom stereocenters. The molecule has 4 nitrogen and oxygen atoms in total. The lowest BCUT2D eigenvalue weighted by Crippen LogP contribution is -2.29. The summed E-state index contributed by atoms with van der Waals surface area (Å²) < 4.78 is 0. The molecule has 0 atom stereocenters. The van der Waals surface area contributed by atoms with Gasteiger partial charge in [0.05, 0.1) is 17.1 Å². The number of benzene rings is 1. The maximum absolute atomic E-state index is 11.8. The van der Waals surface area contributed by atoms with E-state index in [-0.39, 0.29) is 17.1 Å². The van der Waals surface area contributed by atoms with Crippen molar-refractivity contribution in [1.29, 1.82) is 0 Å². The minimum absolute atomic E-state index is 0.170. The van der Waals surface area contributed by atoms with Gasteiger partial charge in [0.1, 0.15) is 0 Å². The highest BCUT2D eigenvalue weighted by atomic mass is 35.5. The molecule has 1 rings (SSSR count). The molecular weight excluding hydrogens is 299 g/mol. The number of hydrogen-bond acceptors (Lipinski definition) is 2. The largest absolute Gasteiger partial charge is 0.343 e. The summed E-state index contributed by atoms with van der Waals surface area (Å²) in [5.74, 6) is -0.423. The lowest BCUT2D eigenvalue weighted by molar-refractivity contribution is -0.116. The zero-order valence-corrected chi connectivity index (χ0v) is 12.8. The van der Waals surface area contributed by atoms with Gasteiger partial charge in [0.2, 0.25) is 0 Å². The molecule has 2 amide bonds. The van der Waals surface area contributed by atoms with Gasteiger partial charge in [0, 0.05) is 11.2 Å². The van der Waals surface area contributed by atoms with Crippen LogP contribution in [0.2, 0.25) is 10.0 Å². The topological polar surface area (TPSA) is 58.5 Å². The molecule has 0 aromatic heterocycles. The molecule has 1 aromatic carbocycles. The molecule has 0 heterocycles. The molecule has 0 saturated carbocycles. The van der Waals surface area contributed by atoms with Crippen LogP contribution in [0.4, 0.5) is 0 Å². The van der Waals surface area contributed by atoms with Gasteiger partial charge in [0.15, 0.2) is 0 Å². The molecule has 0 aliphatic carbocycles. The van der Waals surface area contributed by atoms with Gasteiger partial charge >= 0.3 is 0 Å². The van der Waals surface area contributed by atoms with Crippen LogP contribution in [0, 0.1) is 5.92 Å². The molecule has 0 aliphatic rings. The van der Waals surface area contributed by atoms with Crippen LogP contribution in [0.25, 0.3) is 0 Å². The molecule has 0 aliphatic heterocycles. The quantitative estimate of drug-likeness (QED) is 0.847. The highest BCUT2D eigenvalue weighted by Gasteiger charge is 2.11. The maximum atomic E-state index is 11.8. The predicted molar refractivity (Wildman–Crippen MR) is 81.7 cm³/mol. The highest BCUT2D eigenvalue weighted by molar-refractivity contribution is 6.35. The van der Waals surface area contributed by atoms with E-state index in [1.165, 1.54) is 12.1 Å². The number of amides is 2. The number of rotatable bonds is 5. The van der Waals surface area contributed by atoms with Crippen LogP contribution in [0.1, 0.15) is 30.6 Å². The summed E-state index contributed by atoms with van der Waals surface area (Å²) in [5.41, 5.74) is 0.234. The molecule has 108 valence electrons. The Kier molecular flexibility index (Phi) is 6.68.